The molecule has 3 atom stereocenters. The van der Waals surface area contributed by atoms with Crippen LogP contribution in [-0.2, 0) is 6.54 Å². The Balaban J connectivity index is 1.40. The fourth-order valence-electron chi connectivity index (χ4n) is 3.49. The van der Waals surface area contributed by atoms with Crippen molar-refractivity contribution in [1.82, 2.24) is 15.0 Å². The number of aliphatic hydroxyl groups is 1. The van der Waals surface area contributed by atoms with Gasteiger partial charge in [-0.05, 0) is 31.6 Å². The average Bonchev–Trinajstić information content (AvgIpc) is 2.82. The van der Waals surface area contributed by atoms with E-state index in [1.54, 1.807) is 0 Å². The lowest BCUT2D eigenvalue weighted by molar-refractivity contribution is 0.122. The Hall–Kier alpha value is -0.940. The molecule has 1 aliphatic heterocycles. The molecular formula is C13H19N3O2. The van der Waals surface area contributed by atoms with Gasteiger partial charge in [0.05, 0.1) is 12.6 Å². The lowest BCUT2D eigenvalue weighted by Gasteiger charge is -2.15. The maximum atomic E-state index is 9.89. The fourth-order valence-corrected chi connectivity index (χ4v) is 3.49. The second-order valence-electron chi connectivity index (χ2n) is 6.08. The first kappa shape index (κ1) is 10.9. The molecule has 0 aromatic carbocycles. The van der Waals surface area contributed by atoms with Crippen molar-refractivity contribution in [2.24, 2.45) is 11.8 Å². The van der Waals surface area contributed by atoms with Gasteiger partial charge in [0.25, 0.3) is 0 Å². The van der Waals surface area contributed by atoms with Gasteiger partial charge >= 0.3 is 0 Å². The number of likely N-dealkylation sites (tertiary alicyclic amines) is 1. The molecule has 1 aromatic rings. The predicted molar refractivity (Wildman–Crippen MR) is 63.8 cm³/mol. The van der Waals surface area contributed by atoms with Crippen LogP contribution in [0.3, 0.4) is 0 Å². The van der Waals surface area contributed by atoms with Crippen LogP contribution in [0.2, 0.25) is 0 Å². The molecule has 0 amide bonds. The van der Waals surface area contributed by atoms with E-state index in [9.17, 15) is 5.11 Å². The molecule has 2 heterocycles. The third-order valence-corrected chi connectivity index (χ3v) is 4.68. The van der Waals surface area contributed by atoms with Crippen molar-refractivity contribution in [2.45, 2.75) is 44.2 Å². The Kier molecular flexibility index (Phi) is 2.45. The van der Waals surface area contributed by atoms with Gasteiger partial charge in [-0.3, -0.25) is 4.90 Å². The zero-order valence-corrected chi connectivity index (χ0v) is 10.5. The van der Waals surface area contributed by atoms with E-state index in [0.29, 0.717) is 17.8 Å². The zero-order valence-electron chi connectivity index (χ0n) is 10.5. The second-order valence-corrected chi connectivity index (χ2v) is 6.08. The van der Waals surface area contributed by atoms with Crippen LogP contribution in [0.1, 0.15) is 43.3 Å². The van der Waals surface area contributed by atoms with Crippen LogP contribution in [-0.4, -0.2) is 39.3 Å². The normalized spacial score (nSPS) is 36.2. The molecule has 0 spiro atoms. The summed E-state index contributed by atoms with van der Waals surface area (Å²) in [6, 6.07) is 0. The molecular weight excluding hydrogens is 230 g/mol. The summed E-state index contributed by atoms with van der Waals surface area (Å²) in [6.45, 7) is 2.80. The van der Waals surface area contributed by atoms with Gasteiger partial charge in [0.1, 0.15) is 0 Å². The van der Waals surface area contributed by atoms with Gasteiger partial charge in [0.2, 0.25) is 5.89 Å². The summed E-state index contributed by atoms with van der Waals surface area (Å²) in [6.07, 6.45) is 4.47. The number of nitrogens with zero attached hydrogens (tertiary/aromatic N) is 3. The summed E-state index contributed by atoms with van der Waals surface area (Å²) in [5.74, 6) is 3.33. The van der Waals surface area contributed by atoms with Gasteiger partial charge in [0.15, 0.2) is 5.82 Å². The highest BCUT2D eigenvalue weighted by Gasteiger charge is 2.42. The third-order valence-electron chi connectivity index (χ3n) is 4.68. The van der Waals surface area contributed by atoms with Crippen LogP contribution in [0.25, 0.3) is 0 Å². The summed E-state index contributed by atoms with van der Waals surface area (Å²) in [5.41, 5.74) is 0. The van der Waals surface area contributed by atoms with Gasteiger partial charge in [-0.2, -0.15) is 4.98 Å². The summed E-state index contributed by atoms with van der Waals surface area (Å²) in [4.78, 5) is 6.82. The summed E-state index contributed by atoms with van der Waals surface area (Å²) in [7, 11) is 0. The summed E-state index contributed by atoms with van der Waals surface area (Å²) >= 11 is 0. The number of aromatic nitrogens is 2. The van der Waals surface area contributed by atoms with Crippen LogP contribution in [0.4, 0.5) is 0 Å². The summed E-state index contributed by atoms with van der Waals surface area (Å²) in [5, 5.41) is 13.9. The molecule has 1 saturated heterocycles. The molecule has 2 aliphatic carbocycles. The molecule has 3 aliphatic rings. The lowest BCUT2D eigenvalue weighted by atomic mass is 10.00. The summed E-state index contributed by atoms with van der Waals surface area (Å²) < 4.78 is 5.31. The van der Waals surface area contributed by atoms with Gasteiger partial charge in [-0.15, -0.1) is 0 Å². The van der Waals surface area contributed by atoms with E-state index < -0.39 is 0 Å². The van der Waals surface area contributed by atoms with Crippen LogP contribution < -0.4 is 0 Å². The molecule has 4 rings (SSSR count). The Morgan fingerprint density at radius 3 is 2.89 bits per heavy atom. The van der Waals surface area contributed by atoms with E-state index in [0.717, 1.165) is 37.8 Å². The maximum Gasteiger partial charge on any atom is 0.240 e. The highest BCUT2D eigenvalue weighted by atomic mass is 16.5. The monoisotopic (exact) mass is 249 g/mol. The first-order valence-corrected chi connectivity index (χ1v) is 7.02. The van der Waals surface area contributed by atoms with Crippen molar-refractivity contribution in [1.29, 1.82) is 0 Å². The number of rotatable bonds is 3. The molecule has 2 saturated carbocycles. The standard InChI is InChI=1S/C13H19N3O2/c17-11-4-3-9-5-16(6-10(9)11)7-12-14-13(15-18-12)8-1-2-8/h8-11,17H,1-7H2. The molecule has 0 bridgehead atoms. The van der Waals surface area contributed by atoms with Gasteiger partial charge in [0, 0.05) is 24.9 Å². The molecule has 0 radical (unpaired) electrons. The average molecular weight is 249 g/mol. The van der Waals surface area contributed by atoms with Gasteiger partial charge in [-0.25, -0.2) is 0 Å². The van der Waals surface area contributed by atoms with Crippen molar-refractivity contribution in [3.05, 3.63) is 11.7 Å². The van der Waals surface area contributed by atoms with Crippen LogP contribution in [0.15, 0.2) is 4.52 Å². The molecule has 1 aromatic heterocycles. The lowest BCUT2D eigenvalue weighted by Crippen LogP contribution is -2.24. The third kappa shape index (κ3) is 1.86. The smallest absolute Gasteiger partial charge is 0.240 e. The first-order valence-electron chi connectivity index (χ1n) is 7.02. The Labute approximate surface area is 106 Å². The Bertz CT molecular complexity index is 443. The second kappa shape index (κ2) is 4.03. The largest absolute Gasteiger partial charge is 0.393 e. The van der Waals surface area contributed by atoms with E-state index in [-0.39, 0.29) is 6.10 Å². The van der Waals surface area contributed by atoms with Crippen molar-refractivity contribution in [2.75, 3.05) is 13.1 Å². The molecule has 3 fully saturated rings. The number of hydrogen-bond donors (Lipinski definition) is 1. The first-order chi connectivity index (χ1) is 8.79. The molecule has 5 heteroatoms. The highest BCUT2D eigenvalue weighted by Crippen LogP contribution is 2.39. The molecule has 3 unspecified atom stereocenters. The van der Waals surface area contributed by atoms with E-state index in [2.05, 4.69) is 15.0 Å². The van der Waals surface area contributed by atoms with Crippen molar-refractivity contribution in [3.8, 4) is 0 Å². The van der Waals surface area contributed by atoms with Crippen molar-refractivity contribution >= 4 is 0 Å². The molecule has 98 valence electrons. The van der Waals surface area contributed by atoms with E-state index >= 15 is 0 Å². The highest BCUT2D eigenvalue weighted by molar-refractivity contribution is 5.03. The molecule has 1 N–H and O–H groups in total. The minimum absolute atomic E-state index is 0.0929. The number of fused-ring (bicyclic) bond motifs is 1. The molecule has 18 heavy (non-hydrogen) atoms. The van der Waals surface area contributed by atoms with Crippen molar-refractivity contribution < 1.29 is 9.63 Å². The van der Waals surface area contributed by atoms with Crippen LogP contribution >= 0.6 is 0 Å². The minimum Gasteiger partial charge on any atom is -0.393 e. The number of hydrogen-bond acceptors (Lipinski definition) is 5. The molecule has 5 nitrogen and oxygen atoms in total. The Morgan fingerprint density at radius 1 is 1.22 bits per heavy atom. The van der Waals surface area contributed by atoms with Crippen LogP contribution in [0.5, 0.6) is 0 Å². The van der Waals surface area contributed by atoms with Gasteiger partial charge in [-0.1, -0.05) is 5.16 Å². The van der Waals surface area contributed by atoms with Gasteiger partial charge < -0.3 is 9.63 Å². The Morgan fingerprint density at radius 2 is 2.11 bits per heavy atom. The fraction of sp³-hybridized carbons (Fsp3) is 0.846. The SMILES string of the molecule is OC1CCC2CN(Cc3nc(C4CC4)no3)CC12. The van der Waals surface area contributed by atoms with E-state index in [1.165, 1.54) is 19.3 Å². The van der Waals surface area contributed by atoms with E-state index in [4.69, 9.17) is 4.52 Å². The van der Waals surface area contributed by atoms with Crippen LogP contribution in [0, 0.1) is 11.8 Å². The number of aliphatic hydroxyl groups excluding tert-OH is 1. The van der Waals surface area contributed by atoms with E-state index in [1.807, 2.05) is 0 Å². The maximum absolute atomic E-state index is 9.89. The zero-order chi connectivity index (χ0) is 12.1. The minimum atomic E-state index is -0.0929. The predicted octanol–water partition coefficient (Wildman–Crippen LogP) is 1.15. The quantitative estimate of drug-likeness (QED) is 0.870. The topological polar surface area (TPSA) is 62.4 Å². The van der Waals surface area contributed by atoms with Crippen molar-refractivity contribution in [3.63, 3.8) is 0 Å².